The zero-order chi connectivity index (χ0) is 19.4. The minimum Gasteiger partial charge on any atom is -0.328 e. The quantitative estimate of drug-likeness (QED) is 0.825. The van der Waals surface area contributed by atoms with Crippen LogP contribution in [0.1, 0.15) is 16.7 Å². The second-order valence-electron chi connectivity index (χ2n) is 6.86. The number of amides is 3. The van der Waals surface area contributed by atoms with Crippen molar-refractivity contribution in [1.82, 2.24) is 9.80 Å². The second kappa shape index (κ2) is 8.03. The molecule has 1 N–H and O–H groups in total. The Morgan fingerprint density at radius 2 is 1.52 bits per heavy atom. The lowest BCUT2D eigenvalue weighted by Crippen LogP contribution is -2.55. The fourth-order valence-electron chi connectivity index (χ4n) is 3.24. The molecule has 6 nitrogen and oxygen atoms in total. The van der Waals surface area contributed by atoms with Crippen molar-refractivity contribution in [3.8, 4) is 0 Å². The number of nitrogens with zero attached hydrogens (tertiary/aromatic N) is 2. The molecule has 0 spiro atoms. The number of anilines is 1. The fourth-order valence-corrected chi connectivity index (χ4v) is 3.24. The number of piperazine rings is 1. The molecule has 2 aromatic rings. The van der Waals surface area contributed by atoms with Crippen LogP contribution in [0.4, 0.5) is 5.69 Å². The van der Waals surface area contributed by atoms with Crippen LogP contribution in [-0.2, 0) is 20.9 Å². The first-order valence-corrected chi connectivity index (χ1v) is 8.92. The van der Waals surface area contributed by atoms with Gasteiger partial charge in [0, 0.05) is 25.3 Å². The van der Waals surface area contributed by atoms with Crippen LogP contribution in [0.2, 0.25) is 0 Å². The zero-order valence-electron chi connectivity index (χ0n) is 15.6. The highest BCUT2D eigenvalue weighted by atomic mass is 16.2. The normalized spacial score (nSPS) is 14.4. The number of benzene rings is 2. The lowest BCUT2D eigenvalue weighted by molar-refractivity contribution is -0.157. The summed E-state index contributed by atoms with van der Waals surface area (Å²) in [5.74, 6) is -1.50. The summed E-state index contributed by atoms with van der Waals surface area (Å²) in [6.45, 7) is 4.94. The lowest BCUT2D eigenvalue weighted by atomic mass is 10.1. The first kappa shape index (κ1) is 18.6. The van der Waals surface area contributed by atoms with Gasteiger partial charge < -0.3 is 15.1 Å². The molecule has 1 fully saturated rings. The number of rotatable bonds is 5. The van der Waals surface area contributed by atoms with Gasteiger partial charge >= 0.3 is 11.8 Å². The molecule has 0 saturated carbocycles. The smallest absolute Gasteiger partial charge is 0.312 e. The Morgan fingerprint density at radius 1 is 0.926 bits per heavy atom. The summed E-state index contributed by atoms with van der Waals surface area (Å²) in [4.78, 5) is 39.9. The maximum Gasteiger partial charge on any atom is 0.312 e. The molecule has 3 rings (SSSR count). The maximum absolute atomic E-state index is 12.4. The maximum atomic E-state index is 12.4. The SMILES string of the molecule is Cc1cc(C)cc(NC(=O)CN2CCN(Cc3ccccc3)C(=O)C2=O)c1. The van der Waals surface area contributed by atoms with Gasteiger partial charge in [-0.05, 0) is 42.7 Å². The molecule has 0 aromatic heterocycles. The average molecular weight is 365 g/mol. The Bertz CT molecular complexity index is 844. The van der Waals surface area contributed by atoms with Crippen molar-refractivity contribution in [3.05, 3.63) is 65.2 Å². The Labute approximate surface area is 158 Å². The van der Waals surface area contributed by atoms with Crippen molar-refractivity contribution >= 4 is 23.4 Å². The zero-order valence-corrected chi connectivity index (χ0v) is 15.6. The van der Waals surface area contributed by atoms with Gasteiger partial charge in [0.2, 0.25) is 5.91 Å². The van der Waals surface area contributed by atoms with E-state index in [1.54, 1.807) is 0 Å². The Morgan fingerprint density at radius 3 is 2.19 bits per heavy atom. The van der Waals surface area contributed by atoms with Gasteiger partial charge in [0.25, 0.3) is 0 Å². The highest BCUT2D eigenvalue weighted by molar-refractivity contribution is 6.35. The lowest BCUT2D eigenvalue weighted by Gasteiger charge is -2.33. The van der Waals surface area contributed by atoms with E-state index < -0.39 is 11.8 Å². The molecule has 0 atom stereocenters. The van der Waals surface area contributed by atoms with E-state index in [1.807, 2.05) is 62.4 Å². The topological polar surface area (TPSA) is 69.7 Å². The van der Waals surface area contributed by atoms with Crippen molar-refractivity contribution in [2.75, 3.05) is 25.0 Å². The average Bonchev–Trinajstić information content (AvgIpc) is 2.61. The molecule has 140 valence electrons. The third-order valence-corrected chi connectivity index (χ3v) is 4.45. The first-order valence-electron chi connectivity index (χ1n) is 8.92. The number of nitrogens with one attached hydrogen (secondary N) is 1. The minimum atomic E-state index is -0.632. The van der Waals surface area contributed by atoms with Gasteiger partial charge in [-0.2, -0.15) is 0 Å². The van der Waals surface area contributed by atoms with Gasteiger partial charge in [0.05, 0.1) is 0 Å². The van der Waals surface area contributed by atoms with Crippen LogP contribution in [0, 0.1) is 13.8 Å². The van der Waals surface area contributed by atoms with E-state index >= 15 is 0 Å². The number of hydrogen-bond donors (Lipinski definition) is 1. The summed E-state index contributed by atoms with van der Waals surface area (Å²) in [5, 5.41) is 2.80. The van der Waals surface area contributed by atoms with Crippen LogP contribution in [0.5, 0.6) is 0 Å². The Balaban J connectivity index is 1.58. The Kier molecular flexibility index (Phi) is 5.54. The van der Waals surface area contributed by atoms with Crippen LogP contribution in [-0.4, -0.2) is 47.2 Å². The van der Waals surface area contributed by atoms with Crippen LogP contribution in [0.15, 0.2) is 48.5 Å². The molecule has 6 heteroatoms. The molecule has 0 unspecified atom stereocenters. The molecule has 3 amide bonds. The molecule has 0 bridgehead atoms. The van der Waals surface area contributed by atoms with Crippen LogP contribution in [0.3, 0.4) is 0 Å². The number of hydrogen-bond acceptors (Lipinski definition) is 3. The summed E-state index contributed by atoms with van der Waals surface area (Å²) < 4.78 is 0. The van der Waals surface area contributed by atoms with E-state index in [9.17, 15) is 14.4 Å². The molecule has 1 aliphatic rings. The third-order valence-electron chi connectivity index (χ3n) is 4.45. The molecular formula is C21H23N3O3. The van der Waals surface area contributed by atoms with Crippen molar-refractivity contribution in [3.63, 3.8) is 0 Å². The summed E-state index contributed by atoms with van der Waals surface area (Å²) in [6.07, 6.45) is 0. The molecule has 2 aromatic carbocycles. The van der Waals surface area contributed by atoms with Gasteiger partial charge in [-0.15, -0.1) is 0 Å². The number of aryl methyl sites for hydroxylation is 2. The second-order valence-corrected chi connectivity index (χ2v) is 6.86. The van der Waals surface area contributed by atoms with E-state index in [0.29, 0.717) is 25.3 Å². The number of carbonyl (C=O) groups is 3. The van der Waals surface area contributed by atoms with Gasteiger partial charge in [0.1, 0.15) is 6.54 Å². The Hall–Kier alpha value is -3.15. The minimum absolute atomic E-state index is 0.128. The third kappa shape index (κ3) is 4.73. The van der Waals surface area contributed by atoms with Crippen molar-refractivity contribution in [2.24, 2.45) is 0 Å². The predicted octanol–water partition coefficient (Wildman–Crippen LogP) is 2.11. The van der Waals surface area contributed by atoms with E-state index in [1.165, 1.54) is 9.80 Å². The van der Waals surface area contributed by atoms with Gasteiger partial charge in [0.15, 0.2) is 0 Å². The fraction of sp³-hybridized carbons (Fsp3) is 0.286. The standard InChI is InChI=1S/C21H23N3O3/c1-15-10-16(2)12-18(11-15)22-19(25)14-24-9-8-23(20(26)21(24)27)13-17-6-4-3-5-7-17/h3-7,10-12H,8-9,13-14H2,1-2H3,(H,22,25). The van der Waals surface area contributed by atoms with Crippen molar-refractivity contribution in [1.29, 1.82) is 0 Å². The van der Waals surface area contributed by atoms with Gasteiger partial charge in [-0.25, -0.2) is 0 Å². The summed E-state index contributed by atoms with van der Waals surface area (Å²) in [6, 6.07) is 15.3. The summed E-state index contributed by atoms with van der Waals surface area (Å²) in [5.41, 5.74) is 3.76. The highest BCUT2D eigenvalue weighted by Crippen LogP contribution is 2.14. The van der Waals surface area contributed by atoms with Crippen molar-refractivity contribution in [2.45, 2.75) is 20.4 Å². The van der Waals surface area contributed by atoms with Crippen LogP contribution >= 0.6 is 0 Å². The van der Waals surface area contributed by atoms with Gasteiger partial charge in [-0.3, -0.25) is 14.4 Å². The van der Waals surface area contributed by atoms with E-state index in [4.69, 9.17) is 0 Å². The molecule has 1 saturated heterocycles. The number of carbonyl (C=O) groups excluding carboxylic acids is 3. The summed E-state index contributed by atoms with van der Waals surface area (Å²) >= 11 is 0. The highest BCUT2D eigenvalue weighted by Gasteiger charge is 2.33. The predicted molar refractivity (Wildman–Crippen MR) is 103 cm³/mol. The van der Waals surface area contributed by atoms with Crippen LogP contribution in [0.25, 0.3) is 0 Å². The molecule has 1 heterocycles. The monoisotopic (exact) mass is 365 g/mol. The van der Waals surface area contributed by atoms with E-state index in [-0.39, 0.29) is 12.5 Å². The van der Waals surface area contributed by atoms with Crippen LogP contribution < -0.4 is 5.32 Å². The van der Waals surface area contributed by atoms with Crippen molar-refractivity contribution < 1.29 is 14.4 Å². The first-order chi connectivity index (χ1) is 12.9. The van der Waals surface area contributed by atoms with E-state index in [2.05, 4.69) is 5.32 Å². The molecule has 0 radical (unpaired) electrons. The molecule has 1 aliphatic heterocycles. The summed E-state index contributed by atoms with van der Waals surface area (Å²) in [7, 11) is 0. The molecular weight excluding hydrogens is 342 g/mol. The largest absolute Gasteiger partial charge is 0.328 e. The molecule has 0 aliphatic carbocycles. The molecule has 27 heavy (non-hydrogen) atoms. The van der Waals surface area contributed by atoms with Gasteiger partial charge in [-0.1, -0.05) is 36.4 Å². The van der Waals surface area contributed by atoms with E-state index in [0.717, 1.165) is 16.7 Å².